The lowest BCUT2D eigenvalue weighted by molar-refractivity contribution is -0.147. The van der Waals surface area contributed by atoms with E-state index in [1.165, 1.54) is 0 Å². The molecule has 0 saturated heterocycles. The van der Waals surface area contributed by atoms with Gasteiger partial charge in [0.1, 0.15) is 12.6 Å². The minimum absolute atomic E-state index is 0. The Bertz CT molecular complexity index is 318. The van der Waals surface area contributed by atoms with Gasteiger partial charge >= 0.3 is 5.97 Å². The fourth-order valence-corrected chi connectivity index (χ4v) is 1.10. The van der Waals surface area contributed by atoms with Crippen molar-refractivity contribution in [3.8, 4) is 0 Å². The Labute approximate surface area is 115 Å². The van der Waals surface area contributed by atoms with Gasteiger partial charge in [-0.2, -0.15) is 0 Å². The number of ether oxygens (including phenoxy) is 1. The topological polar surface area (TPSA) is 52.3 Å². The van der Waals surface area contributed by atoms with Gasteiger partial charge in [-0.05, 0) is 11.5 Å². The van der Waals surface area contributed by atoms with Crippen LogP contribution in [-0.2, 0) is 16.1 Å². The standard InChI is InChI=1S/C12H17NO2.2ClH/c1-9(2)11(13)12(14)15-8-10-6-4-3-5-7-10;;/h3-7,9,11H,8,13H2,1-2H3;2*1H/t11-;;/m0../s1. The normalized spacial score (nSPS) is 11.1. The Hall–Kier alpha value is -0.770. The van der Waals surface area contributed by atoms with Gasteiger partial charge in [-0.15, -0.1) is 24.8 Å². The molecule has 0 aliphatic carbocycles. The van der Waals surface area contributed by atoms with Crippen LogP contribution in [0.4, 0.5) is 0 Å². The molecule has 1 aromatic rings. The monoisotopic (exact) mass is 279 g/mol. The third-order valence-electron chi connectivity index (χ3n) is 2.21. The summed E-state index contributed by atoms with van der Waals surface area (Å²) in [5, 5.41) is 0. The molecule has 0 heterocycles. The van der Waals surface area contributed by atoms with Crippen molar-refractivity contribution in [2.75, 3.05) is 0 Å². The van der Waals surface area contributed by atoms with E-state index in [0.29, 0.717) is 6.61 Å². The maximum Gasteiger partial charge on any atom is 0.323 e. The van der Waals surface area contributed by atoms with Crippen LogP contribution in [0.1, 0.15) is 19.4 Å². The maximum atomic E-state index is 11.4. The number of carbonyl (C=O) groups is 1. The van der Waals surface area contributed by atoms with Crippen LogP contribution in [0.15, 0.2) is 30.3 Å². The molecule has 1 rings (SSSR count). The first-order chi connectivity index (χ1) is 7.11. The number of nitrogens with two attached hydrogens (primary N) is 1. The lowest BCUT2D eigenvalue weighted by Crippen LogP contribution is -2.36. The second-order valence-corrected chi connectivity index (χ2v) is 3.86. The highest BCUT2D eigenvalue weighted by molar-refractivity contribution is 5.85. The average molecular weight is 280 g/mol. The molecule has 0 spiro atoms. The summed E-state index contributed by atoms with van der Waals surface area (Å²) in [7, 11) is 0. The van der Waals surface area contributed by atoms with Gasteiger partial charge in [0.05, 0.1) is 0 Å². The number of carbonyl (C=O) groups excluding carboxylic acids is 1. The first kappa shape index (κ1) is 18.6. The molecule has 0 bridgehead atoms. The van der Waals surface area contributed by atoms with Crippen LogP contribution < -0.4 is 5.73 Å². The van der Waals surface area contributed by atoms with E-state index < -0.39 is 6.04 Å². The number of rotatable bonds is 4. The Kier molecular flexibility index (Phi) is 10.1. The average Bonchev–Trinajstić information content (AvgIpc) is 2.26. The lowest BCUT2D eigenvalue weighted by Gasteiger charge is -2.14. The van der Waals surface area contributed by atoms with Gasteiger partial charge in [0, 0.05) is 0 Å². The van der Waals surface area contributed by atoms with Crippen molar-refractivity contribution in [1.82, 2.24) is 0 Å². The smallest absolute Gasteiger partial charge is 0.323 e. The Morgan fingerprint density at radius 1 is 1.24 bits per heavy atom. The van der Waals surface area contributed by atoms with E-state index in [1.54, 1.807) is 0 Å². The molecule has 0 aliphatic rings. The summed E-state index contributed by atoms with van der Waals surface area (Å²) in [5.74, 6) is -0.234. The Morgan fingerprint density at radius 2 is 1.76 bits per heavy atom. The van der Waals surface area contributed by atoms with E-state index in [2.05, 4.69) is 0 Å². The minimum Gasteiger partial charge on any atom is -0.460 e. The van der Waals surface area contributed by atoms with Crippen molar-refractivity contribution in [3.63, 3.8) is 0 Å². The van der Waals surface area contributed by atoms with Crippen molar-refractivity contribution < 1.29 is 9.53 Å². The zero-order valence-electron chi connectivity index (χ0n) is 9.96. The molecule has 2 N–H and O–H groups in total. The first-order valence-electron chi connectivity index (χ1n) is 5.07. The number of halogens is 2. The quantitative estimate of drug-likeness (QED) is 0.862. The lowest BCUT2D eigenvalue weighted by atomic mass is 10.1. The van der Waals surface area contributed by atoms with Gasteiger partial charge in [-0.3, -0.25) is 4.79 Å². The summed E-state index contributed by atoms with van der Waals surface area (Å²) in [4.78, 5) is 11.4. The molecule has 98 valence electrons. The summed E-state index contributed by atoms with van der Waals surface area (Å²) >= 11 is 0. The summed E-state index contributed by atoms with van der Waals surface area (Å²) in [5.41, 5.74) is 6.62. The molecular weight excluding hydrogens is 261 g/mol. The molecule has 0 radical (unpaired) electrons. The van der Waals surface area contributed by atoms with E-state index in [-0.39, 0.29) is 36.7 Å². The molecule has 0 amide bonds. The van der Waals surface area contributed by atoms with Gasteiger partial charge in [-0.1, -0.05) is 44.2 Å². The van der Waals surface area contributed by atoms with Crippen LogP contribution in [0.3, 0.4) is 0 Å². The highest BCUT2D eigenvalue weighted by Crippen LogP contribution is 2.04. The molecule has 0 unspecified atom stereocenters. The van der Waals surface area contributed by atoms with Crippen molar-refractivity contribution >= 4 is 30.8 Å². The molecule has 3 nitrogen and oxygen atoms in total. The van der Waals surface area contributed by atoms with Crippen LogP contribution in [0.25, 0.3) is 0 Å². The van der Waals surface area contributed by atoms with Crippen LogP contribution in [0.2, 0.25) is 0 Å². The van der Waals surface area contributed by atoms with E-state index in [9.17, 15) is 4.79 Å². The largest absolute Gasteiger partial charge is 0.460 e. The van der Waals surface area contributed by atoms with E-state index >= 15 is 0 Å². The molecule has 0 aliphatic heterocycles. The molecular formula is C12H19Cl2NO2. The van der Waals surface area contributed by atoms with Crippen LogP contribution in [0.5, 0.6) is 0 Å². The fraction of sp³-hybridized carbons (Fsp3) is 0.417. The van der Waals surface area contributed by atoms with Gasteiger partial charge in [-0.25, -0.2) is 0 Å². The van der Waals surface area contributed by atoms with E-state index in [4.69, 9.17) is 10.5 Å². The zero-order valence-corrected chi connectivity index (χ0v) is 11.6. The maximum absolute atomic E-state index is 11.4. The third kappa shape index (κ3) is 6.51. The summed E-state index contributed by atoms with van der Waals surface area (Å²) in [6, 6.07) is 9.03. The van der Waals surface area contributed by atoms with Gasteiger partial charge < -0.3 is 10.5 Å². The number of benzene rings is 1. The second kappa shape index (κ2) is 9.28. The number of hydrogen-bond acceptors (Lipinski definition) is 3. The van der Waals surface area contributed by atoms with Gasteiger partial charge in [0.25, 0.3) is 0 Å². The predicted octanol–water partition coefficient (Wildman–Crippen LogP) is 2.56. The van der Waals surface area contributed by atoms with Crippen molar-refractivity contribution in [3.05, 3.63) is 35.9 Å². The Morgan fingerprint density at radius 3 is 2.24 bits per heavy atom. The van der Waals surface area contributed by atoms with Crippen LogP contribution in [-0.4, -0.2) is 12.0 Å². The van der Waals surface area contributed by atoms with Crippen molar-refractivity contribution in [2.45, 2.75) is 26.5 Å². The number of hydrogen-bond donors (Lipinski definition) is 1. The highest BCUT2D eigenvalue weighted by Gasteiger charge is 2.18. The molecule has 0 fully saturated rings. The summed E-state index contributed by atoms with van der Waals surface area (Å²) < 4.78 is 5.09. The molecule has 17 heavy (non-hydrogen) atoms. The predicted molar refractivity (Wildman–Crippen MR) is 73.5 cm³/mol. The van der Waals surface area contributed by atoms with Gasteiger partial charge in [0.15, 0.2) is 0 Å². The molecule has 0 saturated carbocycles. The number of esters is 1. The molecule has 0 aromatic heterocycles. The van der Waals surface area contributed by atoms with E-state index in [1.807, 2.05) is 44.2 Å². The Balaban J connectivity index is 0. The third-order valence-corrected chi connectivity index (χ3v) is 2.21. The SMILES string of the molecule is CC(C)[C@H](N)C(=O)OCc1ccccc1.Cl.Cl. The van der Waals surface area contributed by atoms with Crippen LogP contribution in [0, 0.1) is 5.92 Å². The van der Waals surface area contributed by atoms with E-state index in [0.717, 1.165) is 5.56 Å². The highest BCUT2D eigenvalue weighted by atomic mass is 35.5. The second-order valence-electron chi connectivity index (χ2n) is 3.86. The summed E-state index contributed by atoms with van der Waals surface area (Å²) in [6.07, 6.45) is 0. The summed E-state index contributed by atoms with van der Waals surface area (Å²) in [6.45, 7) is 4.09. The molecule has 1 aromatic carbocycles. The van der Waals surface area contributed by atoms with Gasteiger partial charge in [0.2, 0.25) is 0 Å². The first-order valence-corrected chi connectivity index (χ1v) is 5.07. The molecule has 1 atom stereocenters. The molecule has 5 heteroatoms. The van der Waals surface area contributed by atoms with Crippen LogP contribution >= 0.6 is 24.8 Å². The van der Waals surface area contributed by atoms with Crippen molar-refractivity contribution in [2.24, 2.45) is 11.7 Å². The fourth-order valence-electron chi connectivity index (χ4n) is 1.10. The minimum atomic E-state index is -0.534. The zero-order chi connectivity index (χ0) is 11.3. The van der Waals surface area contributed by atoms with Crippen molar-refractivity contribution in [1.29, 1.82) is 0 Å².